The molecule has 2 atom stereocenters. The number of carbonyl (C=O) groups excluding carboxylic acids is 2. The maximum atomic E-state index is 12.6. The minimum absolute atomic E-state index is 0.146. The maximum absolute atomic E-state index is 12.6. The Kier molecular flexibility index (Phi) is 3.19. The molecule has 20 heavy (non-hydrogen) atoms. The largest absolute Gasteiger partial charge is 0.395 e. The molecule has 6 heteroatoms. The van der Waals surface area contributed by atoms with E-state index in [1.807, 2.05) is 0 Å². The number of nitrogens with zero attached hydrogens (tertiary/aromatic N) is 2. The van der Waals surface area contributed by atoms with Gasteiger partial charge < -0.3 is 20.6 Å². The number of carbonyl (C=O) groups is 2. The third-order valence-electron chi connectivity index (χ3n) is 3.89. The van der Waals surface area contributed by atoms with Gasteiger partial charge in [0.1, 0.15) is 6.04 Å². The molecule has 0 aliphatic carbocycles. The van der Waals surface area contributed by atoms with Gasteiger partial charge in [0, 0.05) is 19.1 Å². The average molecular weight is 275 g/mol. The fourth-order valence-electron chi connectivity index (χ4n) is 3.00. The zero-order valence-electron chi connectivity index (χ0n) is 11.0. The number of anilines is 1. The molecule has 0 spiro atoms. The molecule has 0 radical (unpaired) electrons. The predicted molar refractivity (Wildman–Crippen MR) is 73.3 cm³/mol. The van der Waals surface area contributed by atoms with Crippen molar-refractivity contribution in [2.24, 2.45) is 5.73 Å². The van der Waals surface area contributed by atoms with Crippen LogP contribution in [-0.2, 0) is 4.79 Å². The Morgan fingerprint density at radius 2 is 2.05 bits per heavy atom. The van der Waals surface area contributed by atoms with Crippen LogP contribution < -0.4 is 10.6 Å². The monoisotopic (exact) mass is 275 g/mol. The number of nitrogens with two attached hydrogens (primary N) is 1. The number of aliphatic hydroxyl groups is 1. The molecule has 2 amide bonds. The van der Waals surface area contributed by atoms with Crippen molar-refractivity contribution >= 4 is 17.5 Å². The summed E-state index contributed by atoms with van der Waals surface area (Å²) in [6.45, 7) is 0.437. The van der Waals surface area contributed by atoms with Gasteiger partial charge in [-0.15, -0.1) is 0 Å². The molecule has 1 fully saturated rings. The number of fused-ring (bicyclic) bond motifs is 2. The number of hydrogen-bond acceptors (Lipinski definition) is 4. The Labute approximate surface area is 116 Å². The molecule has 1 aromatic carbocycles. The van der Waals surface area contributed by atoms with Crippen LogP contribution in [-0.4, -0.2) is 53.6 Å². The van der Waals surface area contributed by atoms with Crippen molar-refractivity contribution in [2.45, 2.75) is 18.5 Å². The lowest BCUT2D eigenvalue weighted by molar-refractivity contribution is -0.122. The molecular weight excluding hydrogens is 258 g/mol. The van der Waals surface area contributed by atoms with E-state index in [0.717, 1.165) is 0 Å². The van der Waals surface area contributed by atoms with E-state index >= 15 is 0 Å². The zero-order chi connectivity index (χ0) is 14.3. The molecule has 3 rings (SSSR count). The van der Waals surface area contributed by atoms with Crippen LogP contribution in [0.5, 0.6) is 0 Å². The van der Waals surface area contributed by atoms with Crippen LogP contribution in [0.1, 0.15) is 16.8 Å². The summed E-state index contributed by atoms with van der Waals surface area (Å²) < 4.78 is 0. The molecule has 0 bridgehead atoms. The first-order valence-corrected chi connectivity index (χ1v) is 6.71. The Balaban J connectivity index is 2.11. The summed E-state index contributed by atoms with van der Waals surface area (Å²) >= 11 is 0. The summed E-state index contributed by atoms with van der Waals surface area (Å²) in [5.41, 5.74) is 6.96. The fourth-order valence-corrected chi connectivity index (χ4v) is 3.00. The minimum atomic E-state index is -0.517. The van der Waals surface area contributed by atoms with Crippen LogP contribution in [0.2, 0.25) is 0 Å². The van der Waals surface area contributed by atoms with Crippen molar-refractivity contribution in [3.63, 3.8) is 0 Å². The maximum Gasteiger partial charge on any atom is 0.256 e. The Morgan fingerprint density at radius 3 is 2.80 bits per heavy atom. The van der Waals surface area contributed by atoms with Gasteiger partial charge in [-0.2, -0.15) is 0 Å². The van der Waals surface area contributed by atoms with E-state index < -0.39 is 6.04 Å². The second kappa shape index (κ2) is 4.88. The molecule has 3 N–H and O–H groups in total. The van der Waals surface area contributed by atoms with Crippen molar-refractivity contribution in [3.05, 3.63) is 29.8 Å². The molecule has 1 saturated heterocycles. The minimum Gasteiger partial charge on any atom is -0.395 e. The highest BCUT2D eigenvalue weighted by Gasteiger charge is 2.44. The summed E-state index contributed by atoms with van der Waals surface area (Å²) in [5.74, 6) is -0.322. The first-order chi connectivity index (χ1) is 9.63. The lowest BCUT2D eigenvalue weighted by atomic mass is 10.1. The highest BCUT2D eigenvalue weighted by Crippen LogP contribution is 2.31. The molecule has 0 aromatic heterocycles. The van der Waals surface area contributed by atoms with Crippen molar-refractivity contribution < 1.29 is 14.7 Å². The molecule has 2 aliphatic rings. The Bertz CT molecular complexity index is 560. The molecule has 2 heterocycles. The van der Waals surface area contributed by atoms with E-state index in [-0.39, 0.29) is 31.0 Å². The Morgan fingerprint density at radius 1 is 1.30 bits per heavy atom. The number of para-hydroxylation sites is 1. The first-order valence-electron chi connectivity index (χ1n) is 6.71. The van der Waals surface area contributed by atoms with Crippen LogP contribution in [0.3, 0.4) is 0 Å². The van der Waals surface area contributed by atoms with Crippen molar-refractivity contribution in [3.8, 4) is 0 Å². The second-order valence-electron chi connectivity index (χ2n) is 5.20. The second-order valence-corrected chi connectivity index (χ2v) is 5.20. The average Bonchev–Trinajstić information content (AvgIpc) is 2.82. The summed E-state index contributed by atoms with van der Waals surface area (Å²) in [7, 11) is 0. The van der Waals surface area contributed by atoms with Gasteiger partial charge in [-0.05, 0) is 18.6 Å². The highest BCUT2D eigenvalue weighted by molar-refractivity contribution is 6.11. The lowest BCUT2D eigenvalue weighted by Crippen LogP contribution is -2.45. The number of benzene rings is 1. The van der Waals surface area contributed by atoms with Crippen LogP contribution in [0.15, 0.2) is 24.3 Å². The summed E-state index contributed by atoms with van der Waals surface area (Å²) in [5, 5.41) is 9.19. The quantitative estimate of drug-likeness (QED) is 0.766. The van der Waals surface area contributed by atoms with Crippen LogP contribution in [0.25, 0.3) is 0 Å². The van der Waals surface area contributed by atoms with Gasteiger partial charge in [0.05, 0.1) is 17.9 Å². The fraction of sp³-hybridized carbons (Fsp3) is 0.429. The van der Waals surface area contributed by atoms with Gasteiger partial charge in [-0.25, -0.2) is 0 Å². The number of rotatable bonds is 2. The molecule has 106 valence electrons. The Hall–Kier alpha value is -1.92. The van der Waals surface area contributed by atoms with Gasteiger partial charge in [-0.3, -0.25) is 9.59 Å². The van der Waals surface area contributed by atoms with E-state index in [9.17, 15) is 14.7 Å². The normalized spacial score (nSPS) is 25.5. The van der Waals surface area contributed by atoms with E-state index in [1.165, 1.54) is 4.90 Å². The van der Waals surface area contributed by atoms with E-state index in [2.05, 4.69) is 0 Å². The molecule has 2 aliphatic heterocycles. The topological polar surface area (TPSA) is 86.9 Å². The first kappa shape index (κ1) is 13.1. The summed E-state index contributed by atoms with van der Waals surface area (Å²) in [4.78, 5) is 28.3. The smallest absolute Gasteiger partial charge is 0.256 e. The molecule has 6 nitrogen and oxygen atoms in total. The van der Waals surface area contributed by atoms with Crippen molar-refractivity contribution in [1.29, 1.82) is 0 Å². The summed E-state index contributed by atoms with van der Waals surface area (Å²) in [6.07, 6.45) is 0.473. The third-order valence-corrected chi connectivity index (χ3v) is 3.89. The third kappa shape index (κ3) is 1.88. The summed E-state index contributed by atoms with van der Waals surface area (Å²) in [6, 6.07) is 6.32. The van der Waals surface area contributed by atoms with Gasteiger partial charge in [0.25, 0.3) is 5.91 Å². The van der Waals surface area contributed by atoms with Gasteiger partial charge in [0.2, 0.25) is 5.91 Å². The predicted octanol–water partition coefficient (Wildman–Crippen LogP) is -0.433. The van der Waals surface area contributed by atoms with Gasteiger partial charge in [0.15, 0.2) is 0 Å². The molecule has 2 unspecified atom stereocenters. The van der Waals surface area contributed by atoms with Crippen LogP contribution >= 0.6 is 0 Å². The van der Waals surface area contributed by atoms with Crippen LogP contribution in [0, 0.1) is 0 Å². The van der Waals surface area contributed by atoms with Crippen molar-refractivity contribution in [2.75, 3.05) is 24.6 Å². The SMILES string of the molecule is NC1CC2C(=O)N(CCO)c3ccccc3C(=O)N2C1. The molecular formula is C14H17N3O3. The number of aliphatic hydroxyl groups excluding tert-OH is 1. The van der Waals surface area contributed by atoms with Crippen molar-refractivity contribution in [1.82, 2.24) is 4.90 Å². The number of β-amino-alcohol motifs (C(OH)–C–C–N with tert-alkyl or cyclic N) is 1. The highest BCUT2D eigenvalue weighted by atomic mass is 16.3. The van der Waals surface area contributed by atoms with E-state index in [0.29, 0.717) is 24.2 Å². The zero-order valence-corrected chi connectivity index (χ0v) is 11.0. The molecule has 0 saturated carbocycles. The molecule has 1 aromatic rings. The van der Waals surface area contributed by atoms with E-state index in [4.69, 9.17) is 5.73 Å². The van der Waals surface area contributed by atoms with Gasteiger partial charge in [-0.1, -0.05) is 12.1 Å². The number of hydrogen-bond donors (Lipinski definition) is 2. The number of amides is 2. The lowest BCUT2D eigenvalue weighted by Gasteiger charge is -2.25. The standard InChI is InChI=1S/C14H17N3O3/c15-9-7-12-14(20)16(5-6-18)11-4-2-1-3-10(11)13(19)17(12)8-9/h1-4,9,12,18H,5-8,15H2. The van der Waals surface area contributed by atoms with Crippen LogP contribution in [0.4, 0.5) is 5.69 Å². The van der Waals surface area contributed by atoms with E-state index in [1.54, 1.807) is 29.2 Å². The van der Waals surface area contributed by atoms with Gasteiger partial charge >= 0.3 is 0 Å².